The second kappa shape index (κ2) is 4.31. The van der Waals surface area contributed by atoms with Crippen LogP contribution in [0.2, 0.25) is 0 Å². The summed E-state index contributed by atoms with van der Waals surface area (Å²) in [6, 6.07) is 4.21. The molecule has 82 valence electrons. The molecule has 1 aromatic rings. The summed E-state index contributed by atoms with van der Waals surface area (Å²) in [6.07, 6.45) is 4.84. The van der Waals surface area contributed by atoms with E-state index in [1.807, 2.05) is 13.1 Å². The van der Waals surface area contributed by atoms with Gasteiger partial charge in [-0.3, -0.25) is 4.98 Å². The number of nitrogens with zero attached hydrogens (tertiary/aromatic N) is 1. The molecule has 0 bridgehead atoms. The highest BCUT2D eigenvalue weighted by Crippen LogP contribution is 2.34. The first-order chi connectivity index (χ1) is 7.15. The van der Waals surface area contributed by atoms with Crippen molar-refractivity contribution in [3.63, 3.8) is 0 Å². The third-order valence-electron chi connectivity index (χ3n) is 3.04. The van der Waals surface area contributed by atoms with Crippen molar-refractivity contribution in [2.45, 2.75) is 45.8 Å². The molecule has 0 N–H and O–H groups in total. The van der Waals surface area contributed by atoms with Crippen LogP contribution in [0.3, 0.4) is 0 Å². The van der Waals surface area contributed by atoms with E-state index in [0.717, 1.165) is 18.0 Å². The predicted molar refractivity (Wildman–Crippen MR) is 60.7 cm³/mol. The van der Waals surface area contributed by atoms with Gasteiger partial charge in [-0.2, -0.15) is 0 Å². The highest BCUT2D eigenvalue weighted by Gasteiger charge is 2.25. The Morgan fingerprint density at radius 1 is 1.33 bits per heavy atom. The Labute approximate surface area is 91.7 Å². The lowest BCUT2D eigenvalue weighted by molar-refractivity contribution is -0.0605. The Hall–Kier alpha value is -0.890. The molecular formula is C13H19NO. The normalized spacial score (nSPS) is 31.5. The second-order valence-corrected chi connectivity index (χ2v) is 4.74. The molecule has 1 aliphatic heterocycles. The third kappa shape index (κ3) is 2.57. The molecule has 2 heteroatoms. The maximum Gasteiger partial charge on any atom is 0.0832 e. The van der Waals surface area contributed by atoms with Gasteiger partial charge in [-0.05, 0) is 50.3 Å². The van der Waals surface area contributed by atoms with E-state index in [-0.39, 0.29) is 6.10 Å². The Morgan fingerprint density at radius 3 is 2.80 bits per heavy atom. The van der Waals surface area contributed by atoms with Crippen molar-refractivity contribution in [1.29, 1.82) is 0 Å². The average molecular weight is 205 g/mol. The fourth-order valence-corrected chi connectivity index (χ4v) is 2.40. The van der Waals surface area contributed by atoms with Gasteiger partial charge in [-0.15, -0.1) is 0 Å². The summed E-state index contributed by atoms with van der Waals surface area (Å²) in [4.78, 5) is 4.22. The first kappa shape index (κ1) is 10.6. The molecule has 1 aromatic heterocycles. The van der Waals surface area contributed by atoms with Crippen LogP contribution in [0.4, 0.5) is 0 Å². The predicted octanol–water partition coefficient (Wildman–Crippen LogP) is 3.27. The van der Waals surface area contributed by atoms with Crippen molar-refractivity contribution in [2.24, 2.45) is 5.92 Å². The van der Waals surface area contributed by atoms with Crippen LogP contribution in [0.5, 0.6) is 0 Å². The van der Waals surface area contributed by atoms with Crippen LogP contribution < -0.4 is 0 Å². The summed E-state index contributed by atoms with van der Waals surface area (Å²) in [5, 5.41) is 0. The molecule has 1 aliphatic rings. The van der Waals surface area contributed by atoms with Crippen LogP contribution in [0.1, 0.15) is 44.1 Å². The standard InChI is InChI=1S/C13H19NO/c1-9-6-11(3)15-13(7-9)12-4-5-14-10(2)8-12/h4-5,8-9,11,13H,6-7H2,1-3H3. The number of pyridine rings is 1. The second-order valence-electron chi connectivity index (χ2n) is 4.74. The molecule has 0 radical (unpaired) electrons. The fourth-order valence-electron chi connectivity index (χ4n) is 2.40. The molecule has 0 amide bonds. The highest BCUT2D eigenvalue weighted by atomic mass is 16.5. The minimum atomic E-state index is 0.269. The van der Waals surface area contributed by atoms with E-state index in [2.05, 4.69) is 31.0 Å². The van der Waals surface area contributed by atoms with Crippen LogP contribution in [0, 0.1) is 12.8 Å². The smallest absolute Gasteiger partial charge is 0.0832 e. The molecule has 2 rings (SSSR count). The van der Waals surface area contributed by atoms with Crippen molar-refractivity contribution < 1.29 is 4.74 Å². The van der Waals surface area contributed by atoms with Crippen molar-refractivity contribution in [1.82, 2.24) is 4.98 Å². The first-order valence-corrected chi connectivity index (χ1v) is 5.73. The molecule has 2 heterocycles. The summed E-state index contributed by atoms with van der Waals surface area (Å²) < 4.78 is 5.97. The van der Waals surface area contributed by atoms with Gasteiger partial charge >= 0.3 is 0 Å². The highest BCUT2D eigenvalue weighted by molar-refractivity contribution is 5.18. The zero-order chi connectivity index (χ0) is 10.8. The Kier molecular flexibility index (Phi) is 3.06. The lowest BCUT2D eigenvalue weighted by atomic mass is 9.91. The monoisotopic (exact) mass is 205 g/mol. The SMILES string of the molecule is Cc1cc(C2CC(C)CC(C)O2)ccn1. The van der Waals surface area contributed by atoms with Gasteiger partial charge in [0.15, 0.2) is 0 Å². The number of aromatic nitrogens is 1. The molecule has 0 spiro atoms. The topological polar surface area (TPSA) is 22.1 Å². The largest absolute Gasteiger partial charge is 0.371 e. The minimum Gasteiger partial charge on any atom is -0.371 e. The molecule has 0 saturated carbocycles. The van der Waals surface area contributed by atoms with Crippen molar-refractivity contribution in [3.8, 4) is 0 Å². The number of ether oxygens (including phenoxy) is 1. The van der Waals surface area contributed by atoms with Crippen LogP contribution >= 0.6 is 0 Å². The quantitative estimate of drug-likeness (QED) is 0.702. The molecular weight excluding hydrogens is 186 g/mol. The van der Waals surface area contributed by atoms with Crippen LogP contribution in [-0.2, 0) is 4.74 Å². The molecule has 0 aromatic carbocycles. The lowest BCUT2D eigenvalue weighted by Crippen LogP contribution is -2.24. The van der Waals surface area contributed by atoms with Crippen LogP contribution in [0.15, 0.2) is 18.3 Å². The molecule has 0 aliphatic carbocycles. The van der Waals surface area contributed by atoms with E-state index in [9.17, 15) is 0 Å². The Bertz CT molecular complexity index is 327. The lowest BCUT2D eigenvalue weighted by Gasteiger charge is -2.32. The van der Waals surface area contributed by atoms with Crippen LogP contribution in [-0.4, -0.2) is 11.1 Å². The van der Waals surface area contributed by atoms with Gasteiger partial charge in [0.05, 0.1) is 12.2 Å². The number of hydrogen-bond acceptors (Lipinski definition) is 2. The van der Waals surface area contributed by atoms with Gasteiger partial charge in [0, 0.05) is 11.9 Å². The van der Waals surface area contributed by atoms with Gasteiger partial charge in [-0.1, -0.05) is 6.92 Å². The summed E-state index contributed by atoms with van der Waals surface area (Å²) in [5.41, 5.74) is 2.35. The molecule has 3 atom stereocenters. The van der Waals surface area contributed by atoms with E-state index in [4.69, 9.17) is 4.74 Å². The number of aryl methyl sites for hydroxylation is 1. The Morgan fingerprint density at radius 2 is 2.13 bits per heavy atom. The first-order valence-electron chi connectivity index (χ1n) is 5.73. The zero-order valence-electron chi connectivity index (χ0n) is 9.73. The van der Waals surface area contributed by atoms with E-state index >= 15 is 0 Å². The van der Waals surface area contributed by atoms with Crippen molar-refractivity contribution >= 4 is 0 Å². The summed E-state index contributed by atoms with van der Waals surface area (Å²) >= 11 is 0. The van der Waals surface area contributed by atoms with Crippen molar-refractivity contribution in [2.75, 3.05) is 0 Å². The molecule has 1 fully saturated rings. The summed E-state index contributed by atoms with van der Waals surface area (Å²) in [6.45, 7) is 6.50. The summed E-state index contributed by atoms with van der Waals surface area (Å²) in [7, 11) is 0. The maximum absolute atomic E-state index is 5.97. The molecule has 3 unspecified atom stereocenters. The van der Waals surface area contributed by atoms with E-state index in [1.165, 1.54) is 12.0 Å². The molecule has 15 heavy (non-hydrogen) atoms. The van der Waals surface area contributed by atoms with Gasteiger partial charge < -0.3 is 4.74 Å². The van der Waals surface area contributed by atoms with E-state index in [0.29, 0.717) is 6.10 Å². The van der Waals surface area contributed by atoms with E-state index in [1.54, 1.807) is 0 Å². The average Bonchev–Trinajstić information content (AvgIpc) is 2.16. The minimum absolute atomic E-state index is 0.269. The summed E-state index contributed by atoms with van der Waals surface area (Å²) in [5.74, 6) is 0.757. The molecule has 2 nitrogen and oxygen atoms in total. The third-order valence-corrected chi connectivity index (χ3v) is 3.04. The van der Waals surface area contributed by atoms with Crippen LogP contribution in [0.25, 0.3) is 0 Å². The number of hydrogen-bond donors (Lipinski definition) is 0. The maximum atomic E-state index is 5.97. The van der Waals surface area contributed by atoms with Gasteiger partial charge in [0.2, 0.25) is 0 Å². The number of rotatable bonds is 1. The van der Waals surface area contributed by atoms with Crippen molar-refractivity contribution in [3.05, 3.63) is 29.6 Å². The van der Waals surface area contributed by atoms with E-state index < -0.39 is 0 Å². The van der Waals surface area contributed by atoms with Gasteiger partial charge in [0.1, 0.15) is 0 Å². The van der Waals surface area contributed by atoms with Gasteiger partial charge in [0.25, 0.3) is 0 Å². The van der Waals surface area contributed by atoms with Gasteiger partial charge in [-0.25, -0.2) is 0 Å². The molecule has 1 saturated heterocycles. The Balaban J connectivity index is 2.16. The zero-order valence-corrected chi connectivity index (χ0v) is 9.73. The fraction of sp³-hybridized carbons (Fsp3) is 0.615.